The van der Waals surface area contributed by atoms with E-state index in [1.54, 1.807) is 6.20 Å². The monoisotopic (exact) mass is 223 g/mol. The van der Waals surface area contributed by atoms with Crippen LogP contribution in [0.3, 0.4) is 0 Å². The van der Waals surface area contributed by atoms with Crippen LogP contribution in [-0.4, -0.2) is 16.0 Å². The van der Waals surface area contributed by atoms with E-state index in [1.807, 2.05) is 12.1 Å². The molecule has 4 heteroatoms. The van der Waals surface area contributed by atoms with Gasteiger partial charge in [-0.15, -0.1) is 0 Å². The van der Waals surface area contributed by atoms with Crippen LogP contribution in [-0.2, 0) is 0 Å². The molecule has 1 atom stereocenters. The molecule has 1 aromatic heterocycles. The van der Waals surface area contributed by atoms with Crippen LogP contribution in [0, 0.1) is 0 Å². The predicted octanol–water partition coefficient (Wildman–Crippen LogP) is 2.32. The van der Waals surface area contributed by atoms with Gasteiger partial charge in [0.1, 0.15) is 10.8 Å². The first-order valence-corrected chi connectivity index (χ1v) is 5.56. The van der Waals surface area contributed by atoms with E-state index >= 15 is 0 Å². The molecule has 0 aliphatic carbocycles. The van der Waals surface area contributed by atoms with Gasteiger partial charge in [0.05, 0.1) is 0 Å². The molecular weight excluding hydrogens is 206 g/mol. The first-order valence-electron chi connectivity index (χ1n) is 5.16. The third-order valence-corrected chi connectivity index (χ3v) is 2.40. The Morgan fingerprint density at radius 3 is 2.80 bits per heavy atom. The number of nitrogens with zero attached hydrogens (tertiary/aromatic N) is 1. The van der Waals surface area contributed by atoms with Crippen molar-refractivity contribution in [2.24, 2.45) is 5.73 Å². The molecule has 3 nitrogen and oxygen atoms in total. The lowest BCUT2D eigenvalue weighted by Gasteiger charge is -2.13. The van der Waals surface area contributed by atoms with Gasteiger partial charge in [-0.2, -0.15) is 0 Å². The van der Waals surface area contributed by atoms with Gasteiger partial charge < -0.3 is 11.1 Å². The van der Waals surface area contributed by atoms with E-state index in [-0.39, 0.29) is 0 Å². The number of hydrogen-bond acceptors (Lipinski definition) is 3. The molecule has 1 unspecified atom stereocenters. The molecule has 0 fully saturated rings. The summed E-state index contributed by atoms with van der Waals surface area (Å²) in [5.74, 6) is 0.871. The molecule has 0 amide bonds. The Labute approximate surface area is 96.1 Å². The van der Waals surface area contributed by atoms with Crippen LogP contribution in [0.15, 0.2) is 18.3 Å². The lowest BCUT2D eigenvalue weighted by molar-refractivity contribution is 0.687. The highest BCUT2D eigenvalue weighted by Gasteiger charge is 2.02. The fraction of sp³-hybridized carbons (Fsp3) is 0.455. The minimum Gasteiger partial charge on any atom is -0.389 e. The molecule has 15 heavy (non-hydrogen) atoms. The second kappa shape index (κ2) is 5.66. The minimum absolute atomic E-state index is 0.385. The number of pyridine rings is 1. The quantitative estimate of drug-likeness (QED) is 0.752. The maximum Gasteiger partial charge on any atom is 0.126 e. The Bertz CT molecular complexity index is 321. The third-order valence-electron chi connectivity index (χ3n) is 2.16. The molecule has 0 radical (unpaired) electrons. The topological polar surface area (TPSA) is 50.9 Å². The lowest BCUT2D eigenvalue weighted by Crippen LogP contribution is -2.16. The van der Waals surface area contributed by atoms with Gasteiger partial charge in [0.25, 0.3) is 0 Å². The molecule has 0 aliphatic heterocycles. The Balaban J connectivity index is 2.60. The van der Waals surface area contributed by atoms with E-state index in [0.717, 1.165) is 17.8 Å². The largest absolute Gasteiger partial charge is 0.389 e. The summed E-state index contributed by atoms with van der Waals surface area (Å²) in [5, 5.41) is 3.31. The Hall–Kier alpha value is -1.16. The summed E-state index contributed by atoms with van der Waals surface area (Å²) >= 11 is 4.85. The molecule has 1 heterocycles. The van der Waals surface area contributed by atoms with Crippen molar-refractivity contribution in [3.05, 3.63) is 23.9 Å². The van der Waals surface area contributed by atoms with Crippen molar-refractivity contribution in [2.75, 3.05) is 5.32 Å². The predicted molar refractivity (Wildman–Crippen MR) is 68.1 cm³/mol. The fourth-order valence-corrected chi connectivity index (χ4v) is 1.50. The molecule has 0 saturated heterocycles. The van der Waals surface area contributed by atoms with Crippen LogP contribution in [0.4, 0.5) is 5.82 Å². The number of nitrogens with one attached hydrogen (secondary N) is 1. The summed E-state index contributed by atoms with van der Waals surface area (Å²) in [6, 6.07) is 4.23. The van der Waals surface area contributed by atoms with E-state index in [1.165, 1.54) is 6.42 Å². The first kappa shape index (κ1) is 11.9. The average molecular weight is 223 g/mol. The highest BCUT2D eigenvalue weighted by atomic mass is 32.1. The molecule has 1 aromatic rings. The molecule has 0 spiro atoms. The number of anilines is 1. The van der Waals surface area contributed by atoms with Crippen LogP contribution in [0.2, 0.25) is 0 Å². The van der Waals surface area contributed by atoms with E-state index in [2.05, 4.69) is 24.1 Å². The minimum atomic E-state index is 0.385. The van der Waals surface area contributed by atoms with E-state index in [4.69, 9.17) is 18.0 Å². The second-order valence-electron chi connectivity index (χ2n) is 3.63. The standard InChI is InChI=1S/C11H17N3S/c1-3-4-8(2)14-10-6-5-9(7-13-10)11(12)15/h5-8H,3-4H2,1-2H3,(H2,12,15)(H,13,14). The normalized spacial score (nSPS) is 12.1. The van der Waals surface area contributed by atoms with E-state index in [9.17, 15) is 0 Å². The summed E-state index contributed by atoms with van der Waals surface area (Å²) < 4.78 is 0. The molecule has 0 bridgehead atoms. The van der Waals surface area contributed by atoms with Gasteiger partial charge in [0.2, 0.25) is 0 Å². The number of rotatable bonds is 5. The van der Waals surface area contributed by atoms with Gasteiger partial charge in [-0.3, -0.25) is 0 Å². The van der Waals surface area contributed by atoms with E-state index in [0.29, 0.717) is 11.0 Å². The number of aromatic nitrogens is 1. The maximum absolute atomic E-state index is 5.48. The van der Waals surface area contributed by atoms with Crippen molar-refractivity contribution in [2.45, 2.75) is 32.7 Å². The Morgan fingerprint density at radius 1 is 1.60 bits per heavy atom. The summed E-state index contributed by atoms with van der Waals surface area (Å²) in [5.41, 5.74) is 6.29. The number of hydrogen-bond donors (Lipinski definition) is 2. The second-order valence-corrected chi connectivity index (χ2v) is 4.07. The van der Waals surface area contributed by atoms with Crippen molar-refractivity contribution in [1.29, 1.82) is 0 Å². The van der Waals surface area contributed by atoms with Gasteiger partial charge in [0.15, 0.2) is 0 Å². The highest BCUT2D eigenvalue weighted by Crippen LogP contribution is 2.08. The summed E-state index contributed by atoms with van der Waals surface area (Å²) in [4.78, 5) is 4.63. The smallest absolute Gasteiger partial charge is 0.126 e. The highest BCUT2D eigenvalue weighted by molar-refractivity contribution is 7.80. The summed E-state index contributed by atoms with van der Waals surface area (Å²) in [6.45, 7) is 4.31. The van der Waals surface area contributed by atoms with Gasteiger partial charge >= 0.3 is 0 Å². The van der Waals surface area contributed by atoms with Gasteiger partial charge in [0, 0.05) is 17.8 Å². The van der Waals surface area contributed by atoms with Crippen LogP contribution < -0.4 is 11.1 Å². The Kier molecular flexibility index (Phi) is 4.49. The van der Waals surface area contributed by atoms with Crippen LogP contribution in [0.25, 0.3) is 0 Å². The summed E-state index contributed by atoms with van der Waals surface area (Å²) in [7, 11) is 0. The van der Waals surface area contributed by atoms with Crippen molar-refractivity contribution < 1.29 is 0 Å². The maximum atomic E-state index is 5.48. The zero-order chi connectivity index (χ0) is 11.3. The van der Waals surface area contributed by atoms with Crippen LogP contribution in [0.5, 0.6) is 0 Å². The molecule has 1 rings (SSSR count). The lowest BCUT2D eigenvalue weighted by atomic mass is 10.2. The number of nitrogens with two attached hydrogens (primary N) is 1. The van der Waals surface area contributed by atoms with Gasteiger partial charge in [-0.25, -0.2) is 4.98 Å². The van der Waals surface area contributed by atoms with Crippen molar-refractivity contribution in [3.8, 4) is 0 Å². The zero-order valence-electron chi connectivity index (χ0n) is 9.16. The number of thiocarbonyl (C=S) groups is 1. The SMILES string of the molecule is CCCC(C)Nc1ccc(C(N)=S)cn1. The molecule has 0 saturated carbocycles. The first-order chi connectivity index (χ1) is 7.13. The molecule has 82 valence electrons. The molecule has 3 N–H and O–H groups in total. The Morgan fingerprint density at radius 2 is 2.33 bits per heavy atom. The molecule has 0 aliphatic rings. The molecular formula is C11H17N3S. The third kappa shape index (κ3) is 3.83. The van der Waals surface area contributed by atoms with Crippen LogP contribution in [0.1, 0.15) is 32.3 Å². The van der Waals surface area contributed by atoms with Crippen molar-refractivity contribution >= 4 is 23.0 Å². The van der Waals surface area contributed by atoms with Gasteiger partial charge in [-0.05, 0) is 25.5 Å². The van der Waals surface area contributed by atoms with Gasteiger partial charge in [-0.1, -0.05) is 25.6 Å². The van der Waals surface area contributed by atoms with Crippen molar-refractivity contribution in [3.63, 3.8) is 0 Å². The summed E-state index contributed by atoms with van der Waals surface area (Å²) in [6.07, 6.45) is 4.00. The van der Waals surface area contributed by atoms with Crippen LogP contribution >= 0.6 is 12.2 Å². The zero-order valence-corrected chi connectivity index (χ0v) is 9.97. The molecule has 0 aromatic carbocycles. The van der Waals surface area contributed by atoms with E-state index < -0.39 is 0 Å². The van der Waals surface area contributed by atoms with Crippen molar-refractivity contribution in [1.82, 2.24) is 4.98 Å². The fourth-order valence-electron chi connectivity index (χ4n) is 1.38. The average Bonchev–Trinajstić information content (AvgIpc) is 2.18.